The van der Waals surface area contributed by atoms with Crippen LogP contribution in [0.15, 0.2) is 58.3 Å². The fourth-order valence-corrected chi connectivity index (χ4v) is 3.76. The number of benzene rings is 2. The van der Waals surface area contributed by atoms with E-state index in [1.54, 1.807) is 38.6 Å². The third kappa shape index (κ3) is 3.84. The maximum absolute atomic E-state index is 12.9. The van der Waals surface area contributed by atoms with Crippen molar-refractivity contribution in [2.45, 2.75) is 17.4 Å². The molecule has 7 nitrogen and oxygen atoms in total. The average Bonchev–Trinajstić information content (AvgIpc) is 3.40. The Bertz CT molecular complexity index is 1150. The summed E-state index contributed by atoms with van der Waals surface area (Å²) in [6, 6.07) is 13.0. The van der Waals surface area contributed by atoms with Gasteiger partial charge in [0.1, 0.15) is 11.5 Å². The van der Waals surface area contributed by atoms with E-state index in [0.29, 0.717) is 33.7 Å². The Morgan fingerprint density at radius 1 is 1.10 bits per heavy atom. The summed E-state index contributed by atoms with van der Waals surface area (Å²) in [5, 5.41) is 9.01. The molecule has 0 unspecified atom stereocenters. The first-order valence-electron chi connectivity index (χ1n) is 8.93. The number of fused-ring (bicyclic) bond motifs is 1. The van der Waals surface area contributed by atoms with Crippen LogP contribution in [-0.2, 0) is 0 Å². The number of rotatable bonds is 7. The molecule has 0 amide bonds. The quantitative estimate of drug-likeness (QED) is 0.352. The number of ketones is 1. The molecule has 4 rings (SSSR count). The van der Waals surface area contributed by atoms with Gasteiger partial charge in [0.05, 0.1) is 19.5 Å². The van der Waals surface area contributed by atoms with Gasteiger partial charge in [-0.25, -0.2) is 0 Å². The summed E-state index contributed by atoms with van der Waals surface area (Å²) in [6.07, 6.45) is 1.74. The number of hydrogen-bond donors (Lipinski definition) is 1. The van der Waals surface area contributed by atoms with Gasteiger partial charge in [0, 0.05) is 34.3 Å². The summed E-state index contributed by atoms with van der Waals surface area (Å²) >= 11 is 1.23. The van der Waals surface area contributed by atoms with Crippen LogP contribution in [0.1, 0.15) is 17.3 Å². The molecule has 0 aliphatic heterocycles. The highest BCUT2D eigenvalue weighted by molar-refractivity contribution is 8.00. The highest BCUT2D eigenvalue weighted by Crippen LogP contribution is 2.32. The summed E-state index contributed by atoms with van der Waals surface area (Å²) in [5.41, 5.74) is 2.26. The minimum atomic E-state index is -0.387. The van der Waals surface area contributed by atoms with Crippen LogP contribution in [-0.4, -0.2) is 40.4 Å². The minimum Gasteiger partial charge on any atom is -0.497 e. The Kier molecular flexibility index (Phi) is 5.26. The molecule has 148 valence electrons. The maximum atomic E-state index is 12.9. The van der Waals surface area contributed by atoms with Gasteiger partial charge in [0.25, 0.3) is 5.22 Å². The zero-order chi connectivity index (χ0) is 20.4. The van der Waals surface area contributed by atoms with E-state index in [2.05, 4.69) is 15.2 Å². The fourth-order valence-electron chi connectivity index (χ4n) is 3.00. The van der Waals surface area contributed by atoms with E-state index in [-0.39, 0.29) is 11.0 Å². The van der Waals surface area contributed by atoms with Gasteiger partial charge in [-0.2, -0.15) is 0 Å². The van der Waals surface area contributed by atoms with E-state index < -0.39 is 0 Å². The molecule has 8 heteroatoms. The molecular weight excluding hydrogens is 390 g/mol. The lowest BCUT2D eigenvalue weighted by Crippen LogP contribution is -2.13. The van der Waals surface area contributed by atoms with Crippen molar-refractivity contribution in [1.29, 1.82) is 0 Å². The van der Waals surface area contributed by atoms with Gasteiger partial charge in [-0.15, -0.1) is 10.2 Å². The number of thioether (sulfide) groups is 1. The summed E-state index contributed by atoms with van der Waals surface area (Å²) in [4.78, 5) is 16.0. The molecule has 29 heavy (non-hydrogen) atoms. The number of ether oxygens (including phenoxy) is 2. The second-order valence-corrected chi connectivity index (χ2v) is 7.64. The average molecular weight is 409 g/mol. The Hall–Kier alpha value is -3.26. The molecule has 2 aromatic heterocycles. The lowest BCUT2D eigenvalue weighted by atomic mass is 10.1. The van der Waals surface area contributed by atoms with Crippen LogP contribution < -0.4 is 9.47 Å². The number of nitrogens with zero attached hydrogens (tertiary/aromatic N) is 2. The largest absolute Gasteiger partial charge is 0.497 e. The Balaban J connectivity index is 1.54. The number of carbonyl (C=O) groups excluding carboxylic acids is 1. The summed E-state index contributed by atoms with van der Waals surface area (Å²) in [5.74, 6) is 1.57. The van der Waals surface area contributed by atoms with Gasteiger partial charge in [-0.1, -0.05) is 30.0 Å². The van der Waals surface area contributed by atoms with Crippen molar-refractivity contribution in [1.82, 2.24) is 15.2 Å². The van der Waals surface area contributed by atoms with Crippen molar-refractivity contribution in [2.24, 2.45) is 0 Å². The number of aromatic nitrogens is 3. The third-order valence-electron chi connectivity index (χ3n) is 4.51. The van der Waals surface area contributed by atoms with E-state index in [0.717, 1.165) is 10.9 Å². The van der Waals surface area contributed by atoms with Gasteiger partial charge in [0.2, 0.25) is 5.89 Å². The van der Waals surface area contributed by atoms with Gasteiger partial charge < -0.3 is 18.9 Å². The van der Waals surface area contributed by atoms with Gasteiger partial charge in [-0.05, 0) is 25.1 Å². The lowest BCUT2D eigenvalue weighted by Gasteiger charge is -2.07. The van der Waals surface area contributed by atoms with E-state index in [9.17, 15) is 4.79 Å². The molecule has 0 saturated heterocycles. The van der Waals surface area contributed by atoms with E-state index in [1.165, 1.54) is 11.8 Å². The second kappa shape index (κ2) is 8.00. The van der Waals surface area contributed by atoms with Crippen LogP contribution in [0.3, 0.4) is 0 Å². The summed E-state index contributed by atoms with van der Waals surface area (Å²) in [7, 11) is 3.15. The molecule has 4 aromatic rings. The summed E-state index contributed by atoms with van der Waals surface area (Å²) in [6.45, 7) is 1.83. The molecular formula is C21H19N3O4S. The van der Waals surface area contributed by atoms with Crippen LogP contribution in [0, 0.1) is 0 Å². The Morgan fingerprint density at radius 2 is 1.83 bits per heavy atom. The van der Waals surface area contributed by atoms with Crippen molar-refractivity contribution >= 4 is 28.4 Å². The van der Waals surface area contributed by atoms with Crippen LogP contribution in [0.25, 0.3) is 22.4 Å². The number of para-hydroxylation sites is 1. The summed E-state index contributed by atoms with van der Waals surface area (Å²) < 4.78 is 16.3. The SMILES string of the molecule is COc1cc(OC)cc(-c2nnc(S[C@H](C)C(=O)c3c[nH]c4ccccc34)o2)c1. The highest BCUT2D eigenvalue weighted by Gasteiger charge is 2.22. The molecule has 2 aromatic carbocycles. The molecule has 0 spiro atoms. The first-order chi connectivity index (χ1) is 14.1. The topological polar surface area (TPSA) is 90.2 Å². The number of nitrogens with one attached hydrogen (secondary N) is 1. The van der Waals surface area contributed by atoms with E-state index in [1.807, 2.05) is 31.2 Å². The molecule has 2 heterocycles. The molecule has 0 bridgehead atoms. The second-order valence-electron chi connectivity index (χ2n) is 6.35. The zero-order valence-corrected chi connectivity index (χ0v) is 16.9. The Morgan fingerprint density at radius 3 is 2.55 bits per heavy atom. The number of aromatic amines is 1. The van der Waals surface area contributed by atoms with Crippen molar-refractivity contribution < 1.29 is 18.7 Å². The number of H-pyrrole nitrogens is 1. The monoisotopic (exact) mass is 409 g/mol. The van der Waals surface area contributed by atoms with Gasteiger partial charge in [0.15, 0.2) is 5.78 Å². The molecule has 1 atom stereocenters. The fraction of sp³-hybridized carbons (Fsp3) is 0.190. The van der Waals surface area contributed by atoms with Crippen LogP contribution in [0.2, 0.25) is 0 Å². The number of hydrogen-bond acceptors (Lipinski definition) is 7. The van der Waals surface area contributed by atoms with E-state index >= 15 is 0 Å². The van der Waals surface area contributed by atoms with Crippen molar-refractivity contribution in [2.75, 3.05) is 14.2 Å². The highest BCUT2D eigenvalue weighted by atomic mass is 32.2. The van der Waals surface area contributed by atoms with Crippen LogP contribution in [0.4, 0.5) is 0 Å². The van der Waals surface area contributed by atoms with Crippen LogP contribution >= 0.6 is 11.8 Å². The van der Waals surface area contributed by atoms with Crippen molar-refractivity contribution in [3.63, 3.8) is 0 Å². The standard InChI is InChI=1S/C21H19N3O4S/c1-12(19(25)17-11-22-18-7-5-4-6-16(17)18)29-21-24-23-20(28-21)13-8-14(26-2)10-15(9-13)27-3/h4-12,22H,1-3H3/t12-/m1/s1. The number of Topliss-reactive ketones (excluding diaryl/α,β-unsaturated/α-hetero) is 1. The van der Waals surface area contributed by atoms with Gasteiger partial charge in [-0.3, -0.25) is 4.79 Å². The molecule has 0 aliphatic rings. The lowest BCUT2D eigenvalue weighted by molar-refractivity contribution is 0.0995. The third-order valence-corrected chi connectivity index (χ3v) is 5.44. The van der Waals surface area contributed by atoms with Crippen LogP contribution in [0.5, 0.6) is 11.5 Å². The first-order valence-corrected chi connectivity index (χ1v) is 9.81. The number of carbonyl (C=O) groups is 1. The predicted octanol–water partition coefficient (Wildman–Crippen LogP) is 4.60. The smallest absolute Gasteiger partial charge is 0.277 e. The van der Waals surface area contributed by atoms with E-state index in [4.69, 9.17) is 13.9 Å². The van der Waals surface area contributed by atoms with Gasteiger partial charge >= 0.3 is 0 Å². The molecule has 0 fully saturated rings. The molecule has 0 radical (unpaired) electrons. The van der Waals surface area contributed by atoms with Crippen molar-refractivity contribution in [3.8, 4) is 23.0 Å². The normalized spacial score (nSPS) is 12.1. The maximum Gasteiger partial charge on any atom is 0.277 e. The molecule has 0 saturated carbocycles. The number of methoxy groups -OCH3 is 2. The minimum absolute atomic E-state index is 0.00440. The Labute approximate surface area is 171 Å². The molecule has 0 aliphatic carbocycles. The van der Waals surface area contributed by atoms with Crippen molar-refractivity contribution in [3.05, 3.63) is 54.2 Å². The first kappa shape index (κ1) is 19.1. The predicted molar refractivity (Wildman–Crippen MR) is 111 cm³/mol. The molecule has 1 N–H and O–H groups in total. The zero-order valence-electron chi connectivity index (χ0n) is 16.1.